The lowest BCUT2D eigenvalue weighted by molar-refractivity contribution is -0.305. The van der Waals surface area contributed by atoms with Gasteiger partial charge in [0, 0.05) is 26.0 Å². The Kier molecular flexibility index (Phi) is 8.08. The van der Waals surface area contributed by atoms with Gasteiger partial charge in [0.25, 0.3) is 0 Å². The molecule has 3 aliphatic rings. The molecule has 11 heteroatoms. The van der Waals surface area contributed by atoms with Crippen LogP contribution in [-0.2, 0) is 33.3 Å². The number of fused-ring (bicyclic) bond motifs is 1. The van der Waals surface area contributed by atoms with Crippen molar-refractivity contribution in [3.63, 3.8) is 0 Å². The van der Waals surface area contributed by atoms with Gasteiger partial charge in [0.15, 0.2) is 6.10 Å². The van der Waals surface area contributed by atoms with Gasteiger partial charge in [-0.15, -0.1) is 0 Å². The number of carbonyl (C=O) groups excluding carboxylic acids is 4. The number of hydrogen-bond donors (Lipinski definition) is 1. The number of pyridine rings is 1. The monoisotopic (exact) mass is 595 g/mol. The Morgan fingerprint density at radius 2 is 1.60 bits per heavy atom. The van der Waals surface area contributed by atoms with E-state index in [0.717, 1.165) is 0 Å². The molecule has 0 amide bonds. The van der Waals surface area contributed by atoms with E-state index in [1.807, 2.05) is 20.8 Å². The zero-order valence-corrected chi connectivity index (χ0v) is 24.9. The van der Waals surface area contributed by atoms with E-state index in [1.165, 1.54) is 26.1 Å². The van der Waals surface area contributed by atoms with E-state index >= 15 is 0 Å². The van der Waals surface area contributed by atoms with E-state index in [0.29, 0.717) is 6.42 Å². The number of aliphatic hydroxyl groups is 1. The van der Waals surface area contributed by atoms with Crippen LogP contribution in [0.5, 0.6) is 0 Å². The number of rotatable bonds is 7. The summed E-state index contributed by atoms with van der Waals surface area (Å²) in [5.74, 6) is -3.70. The van der Waals surface area contributed by atoms with Crippen molar-refractivity contribution < 1.29 is 48.0 Å². The summed E-state index contributed by atoms with van der Waals surface area (Å²) in [7, 11) is 0. The SMILES string of the molecule is CC(=O)O[C@H]1[C@H]2C[C@]3(OC2(C)C)[C@H](C)C[C@H](O)[C@H](OC(C)=O)[C@@]3(COC(=O)c2ccccn2)[C@@H]1OC(=O)c1ccccc1. The summed E-state index contributed by atoms with van der Waals surface area (Å²) in [5, 5.41) is 11.5. The van der Waals surface area contributed by atoms with E-state index in [2.05, 4.69) is 4.98 Å². The van der Waals surface area contributed by atoms with Crippen molar-refractivity contribution in [3.05, 3.63) is 66.0 Å². The largest absolute Gasteiger partial charge is 0.460 e. The third-order valence-corrected chi connectivity index (χ3v) is 9.25. The standard InChI is InChI=1S/C32H37NO10/c1-18-15-24(36)26(41-20(3)35)31(17-39-29(38)23-13-9-10-14-33-23)27(42-28(37)21-11-7-6-8-12-21)25(40-19(2)34)22-16-32(18,31)43-30(22,4)5/h6-14,18,22,24-27,36H,15-17H2,1-5H3/t18-,22-,24+,25+,26+,27-,31+,32+/m1/s1. The minimum Gasteiger partial charge on any atom is -0.460 e. The van der Waals surface area contributed by atoms with Crippen LogP contribution < -0.4 is 0 Å². The summed E-state index contributed by atoms with van der Waals surface area (Å²) >= 11 is 0. The van der Waals surface area contributed by atoms with Crippen LogP contribution in [0.4, 0.5) is 0 Å². The smallest absolute Gasteiger partial charge is 0.356 e. The Morgan fingerprint density at radius 1 is 0.930 bits per heavy atom. The van der Waals surface area contributed by atoms with Gasteiger partial charge in [-0.05, 0) is 56.9 Å². The second kappa shape index (κ2) is 11.3. The Morgan fingerprint density at radius 3 is 2.23 bits per heavy atom. The number of benzene rings is 1. The van der Waals surface area contributed by atoms with E-state index in [-0.39, 0.29) is 23.6 Å². The molecular weight excluding hydrogens is 558 g/mol. The lowest BCUT2D eigenvalue weighted by atomic mass is 9.48. The van der Waals surface area contributed by atoms with Crippen molar-refractivity contribution in [2.75, 3.05) is 6.61 Å². The zero-order chi connectivity index (χ0) is 31.2. The molecule has 1 spiro atoms. The first kappa shape index (κ1) is 30.6. The first-order valence-corrected chi connectivity index (χ1v) is 14.4. The van der Waals surface area contributed by atoms with Gasteiger partial charge in [0.2, 0.25) is 0 Å². The van der Waals surface area contributed by atoms with Crippen LogP contribution in [0, 0.1) is 17.3 Å². The minimum atomic E-state index is -1.70. The van der Waals surface area contributed by atoms with Crippen LogP contribution in [0.1, 0.15) is 68.3 Å². The van der Waals surface area contributed by atoms with Gasteiger partial charge in [-0.1, -0.05) is 31.2 Å². The average molecular weight is 596 g/mol. The summed E-state index contributed by atoms with van der Waals surface area (Å²) in [4.78, 5) is 56.2. The molecule has 2 heterocycles. The van der Waals surface area contributed by atoms with Gasteiger partial charge >= 0.3 is 23.9 Å². The number of carbonyl (C=O) groups is 4. The van der Waals surface area contributed by atoms with Crippen LogP contribution in [0.15, 0.2) is 54.7 Å². The van der Waals surface area contributed by atoms with E-state index in [9.17, 15) is 24.3 Å². The predicted molar refractivity (Wildman–Crippen MR) is 149 cm³/mol. The van der Waals surface area contributed by atoms with Crippen molar-refractivity contribution in [2.45, 2.75) is 83.1 Å². The molecule has 8 atom stereocenters. The van der Waals surface area contributed by atoms with E-state index in [4.69, 9.17) is 23.7 Å². The van der Waals surface area contributed by atoms with Crippen molar-refractivity contribution in [3.8, 4) is 0 Å². The number of aliphatic hydroxyl groups excluding tert-OH is 1. The average Bonchev–Trinajstić information content (AvgIpc) is 3.23. The van der Waals surface area contributed by atoms with E-state index in [1.54, 1.807) is 42.5 Å². The molecule has 1 aromatic heterocycles. The van der Waals surface area contributed by atoms with Crippen molar-refractivity contribution in [2.24, 2.45) is 17.3 Å². The Bertz CT molecular complexity index is 1380. The topological polar surface area (TPSA) is 148 Å². The van der Waals surface area contributed by atoms with Crippen LogP contribution in [0.2, 0.25) is 0 Å². The molecule has 1 saturated heterocycles. The fourth-order valence-electron chi connectivity index (χ4n) is 7.54. The summed E-state index contributed by atoms with van der Waals surface area (Å²) in [6.45, 7) is 7.54. The van der Waals surface area contributed by atoms with Crippen LogP contribution >= 0.6 is 0 Å². The molecule has 2 saturated carbocycles. The molecule has 5 rings (SSSR count). The summed E-state index contributed by atoms with van der Waals surface area (Å²) < 4.78 is 30.9. The minimum absolute atomic E-state index is 0.0251. The number of nitrogens with zero attached hydrogens (tertiary/aromatic N) is 1. The van der Waals surface area contributed by atoms with E-state index < -0.39 is 77.4 Å². The number of esters is 4. The normalized spacial score (nSPS) is 33.9. The van der Waals surface area contributed by atoms with Gasteiger partial charge < -0.3 is 28.8 Å². The highest BCUT2D eigenvalue weighted by atomic mass is 16.6. The molecule has 1 N–H and O–H groups in total. The van der Waals surface area contributed by atoms with Crippen molar-refractivity contribution in [1.29, 1.82) is 0 Å². The number of aromatic nitrogens is 1. The highest BCUT2D eigenvalue weighted by molar-refractivity contribution is 5.89. The second-order valence-corrected chi connectivity index (χ2v) is 12.2. The Labute approximate surface area is 249 Å². The third kappa shape index (κ3) is 5.18. The molecule has 11 nitrogen and oxygen atoms in total. The molecule has 3 fully saturated rings. The Hall–Kier alpha value is -3.83. The van der Waals surface area contributed by atoms with Crippen LogP contribution in [0.3, 0.4) is 0 Å². The predicted octanol–water partition coefficient (Wildman–Crippen LogP) is 3.28. The van der Waals surface area contributed by atoms with Gasteiger partial charge in [0.1, 0.15) is 29.9 Å². The summed E-state index contributed by atoms with van der Waals surface area (Å²) in [5.41, 5.74) is -3.60. The zero-order valence-electron chi connectivity index (χ0n) is 24.9. The summed E-state index contributed by atoms with van der Waals surface area (Å²) in [6, 6.07) is 13.0. The maximum absolute atomic E-state index is 13.7. The quantitative estimate of drug-likeness (QED) is 0.371. The van der Waals surface area contributed by atoms with Gasteiger partial charge in [-0.3, -0.25) is 9.59 Å². The first-order chi connectivity index (χ1) is 20.3. The van der Waals surface area contributed by atoms with Crippen LogP contribution in [0.25, 0.3) is 0 Å². The van der Waals surface area contributed by atoms with Gasteiger partial charge in [-0.25, -0.2) is 14.6 Å². The maximum Gasteiger partial charge on any atom is 0.356 e. The number of ether oxygens (including phenoxy) is 5. The molecule has 1 aromatic carbocycles. The lowest BCUT2D eigenvalue weighted by Crippen LogP contribution is -2.76. The molecular formula is C32H37NO10. The molecule has 2 bridgehead atoms. The lowest BCUT2D eigenvalue weighted by Gasteiger charge is -2.62. The molecule has 2 aliphatic carbocycles. The summed E-state index contributed by atoms with van der Waals surface area (Å²) in [6.07, 6.45) is -3.14. The van der Waals surface area contributed by atoms with Crippen molar-refractivity contribution in [1.82, 2.24) is 4.98 Å². The highest BCUT2D eigenvalue weighted by Crippen LogP contribution is 2.67. The fourth-order valence-corrected chi connectivity index (χ4v) is 7.54. The Balaban J connectivity index is 1.73. The molecule has 1 aliphatic heterocycles. The molecule has 2 aromatic rings. The molecule has 0 unspecified atom stereocenters. The van der Waals surface area contributed by atoms with Crippen LogP contribution in [-0.4, -0.2) is 76.2 Å². The molecule has 230 valence electrons. The molecule has 43 heavy (non-hydrogen) atoms. The van der Waals surface area contributed by atoms with Gasteiger partial charge in [-0.2, -0.15) is 0 Å². The highest BCUT2D eigenvalue weighted by Gasteiger charge is 2.80. The first-order valence-electron chi connectivity index (χ1n) is 14.4. The fraction of sp³-hybridized carbons (Fsp3) is 0.531. The number of hydrogen-bond acceptors (Lipinski definition) is 11. The molecule has 0 radical (unpaired) electrons. The maximum atomic E-state index is 13.7. The second-order valence-electron chi connectivity index (χ2n) is 12.2. The van der Waals surface area contributed by atoms with Crippen molar-refractivity contribution >= 4 is 23.9 Å². The third-order valence-electron chi connectivity index (χ3n) is 9.25. The van der Waals surface area contributed by atoms with Gasteiger partial charge in [0.05, 0.1) is 22.9 Å².